The Kier molecular flexibility index (Phi) is 6.72. The van der Waals surface area contributed by atoms with E-state index < -0.39 is 11.5 Å². The van der Waals surface area contributed by atoms with Crippen molar-refractivity contribution in [2.45, 2.75) is 59.0 Å². The van der Waals surface area contributed by atoms with Gasteiger partial charge in [0.2, 0.25) is 0 Å². The van der Waals surface area contributed by atoms with Crippen LogP contribution in [0.2, 0.25) is 0 Å². The van der Waals surface area contributed by atoms with Crippen molar-refractivity contribution in [3.05, 3.63) is 0 Å². The molecule has 0 radical (unpaired) electrons. The highest BCUT2D eigenvalue weighted by Crippen LogP contribution is 2.12. The van der Waals surface area contributed by atoms with Crippen molar-refractivity contribution >= 4 is 5.97 Å². The number of nitrogens with two attached hydrogens (primary N) is 1. The third kappa shape index (κ3) is 6.64. The average molecular weight is 244 g/mol. The minimum absolute atomic E-state index is 0.492. The van der Waals surface area contributed by atoms with Gasteiger partial charge in [-0.3, -0.25) is 4.79 Å². The molecule has 0 aromatic heterocycles. The van der Waals surface area contributed by atoms with Crippen LogP contribution in [0.25, 0.3) is 0 Å². The van der Waals surface area contributed by atoms with Gasteiger partial charge in [0, 0.05) is 12.6 Å². The van der Waals surface area contributed by atoms with Crippen LogP contribution in [0.4, 0.5) is 0 Å². The summed E-state index contributed by atoms with van der Waals surface area (Å²) >= 11 is 0. The van der Waals surface area contributed by atoms with Gasteiger partial charge in [-0.25, -0.2) is 0 Å². The van der Waals surface area contributed by atoms with Crippen LogP contribution in [0.5, 0.6) is 0 Å². The lowest BCUT2D eigenvalue weighted by Crippen LogP contribution is -2.45. The maximum atomic E-state index is 10.9. The van der Waals surface area contributed by atoms with Crippen molar-refractivity contribution in [3.63, 3.8) is 0 Å². The Morgan fingerprint density at radius 1 is 1.35 bits per heavy atom. The summed E-state index contributed by atoms with van der Waals surface area (Å²) in [6.45, 7) is 12.3. The molecule has 3 N–H and O–H groups in total. The predicted molar refractivity (Wildman–Crippen MR) is 71.0 cm³/mol. The van der Waals surface area contributed by atoms with Crippen LogP contribution < -0.4 is 5.73 Å². The number of carboxylic acids is 1. The monoisotopic (exact) mass is 244 g/mol. The number of aliphatic carboxylic acids is 1. The molecule has 0 amide bonds. The summed E-state index contributed by atoms with van der Waals surface area (Å²) in [5.74, 6) is -0.293. The quantitative estimate of drug-likeness (QED) is 0.684. The minimum Gasteiger partial charge on any atom is -0.480 e. The van der Waals surface area contributed by atoms with Crippen LogP contribution in [0.1, 0.15) is 47.5 Å². The zero-order valence-electron chi connectivity index (χ0n) is 11.9. The van der Waals surface area contributed by atoms with Crippen molar-refractivity contribution < 1.29 is 9.90 Å². The van der Waals surface area contributed by atoms with Crippen LogP contribution in [-0.4, -0.2) is 40.6 Å². The highest BCUT2D eigenvalue weighted by Gasteiger charge is 2.27. The molecule has 0 aliphatic heterocycles. The van der Waals surface area contributed by atoms with E-state index in [9.17, 15) is 4.79 Å². The largest absolute Gasteiger partial charge is 0.480 e. The first-order valence-corrected chi connectivity index (χ1v) is 6.43. The molecule has 0 spiro atoms. The second kappa shape index (κ2) is 6.97. The number of hydrogen-bond acceptors (Lipinski definition) is 3. The van der Waals surface area contributed by atoms with Crippen molar-refractivity contribution in [1.82, 2.24) is 4.90 Å². The van der Waals surface area contributed by atoms with Gasteiger partial charge in [0.05, 0.1) is 0 Å². The zero-order valence-corrected chi connectivity index (χ0v) is 11.9. The first-order chi connectivity index (χ1) is 7.66. The van der Waals surface area contributed by atoms with Gasteiger partial charge < -0.3 is 15.7 Å². The van der Waals surface area contributed by atoms with Crippen LogP contribution >= 0.6 is 0 Å². The second-order valence-corrected chi connectivity index (χ2v) is 5.81. The third-order valence-electron chi connectivity index (χ3n) is 2.96. The van der Waals surface area contributed by atoms with Crippen LogP contribution in [0.15, 0.2) is 0 Å². The van der Waals surface area contributed by atoms with Gasteiger partial charge in [-0.15, -0.1) is 0 Å². The molecule has 0 aliphatic rings. The molecule has 0 rings (SSSR count). The fourth-order valence-electron chi connectivity index (χ4n) is 1.79. The van der Waals surface area contributed by atoms with Gasteiger partial charge in [-0.2, -0.15) is 0 Å². The summed E-state index contributed by atoms with van der Waals surface area (Å²) in [5.41, 5.74) is 4.61. The first kappa shape index (κ1) is 16.4. The summed E-state index contributed by atoms with van der Waals surface area (Å²) in [5, 5.41) is 8.92. The van der Waals surface area contributed by atoms with E-state index in [1.54, 1.807) is 6.92 Å². The molecule has 0 saturated heterocycles. The maximum absolute atomic E-state index is 10.9. The molecule has 1 unspecified atom stereocenters. The maximum Gasteiger partial charge on any atom is 0.323 e. The van der Waals surface area contributed by atoms with Crippen molar-refractivity contribution in [2.75, 3.05) is 13.1 Å². The van der Waals surface area contributed by atoms with E-state index in [1.807, 2.05) is 0 Å². The molecule has 0 aliphatic carbocycles. The molecule has 4 heteroatoms. The summed E-state index contributed by atoms with van der Waals surface area (Å²) in [6.07, 6.45) is 1.34. The summed E-state index contributed by atoms with van der Waals surface area (Å²) in [4.78, 5) is 13.2. The van der Waals surface area contributed by atoms with Crippen LogP contribution in [0.3, 0.4) is 0 Å². The fourth-order valence-corrected chi connectivity index (χ4v) is 1.79. The topological polar surface area (TPSA) is 66.6 Å². The molecule has 0 saturated carbocycles. The van der Waals surface area contributed by atoms with Crippen molar-refractivity contribution in [3.8, 4) is 0 Å². The van der Waals surface area contributed by atoms with Gasteiger partial charge in [0.1, 0.15) is 5.54 Å². The predicted octanol–water partition coefficient (Wildman–Crippen LogP) is 1.93. The lowest BCUT2D eigenvalue weighted by Gasteiger charge is -2.29. The Balaban J connectivity index is 4.11. The molecular formula is C13H28N2O2. The molecule has 102 valence electrons. The van der Waals surface area contributed by atoms with E-state index in [1.165, 1.54) is 0 Å². The Hall–Kier alpha value is -0.610. The third-order valence-corrected chi connectivity index (χ3v) is 2.96. The van der Waals surface area contributed by atoms with Crippen molar-refractivity contribution in [1.29, 1.82) is 0 Å². The van der Waals surface area contributed by atoms with E-state index in [4.69, 9.17) is 10.8 Å². The van der Waals surface area contributed by atoms with Gasteiger partial charge >= 0.3 is 5.97 Å². The molecule has 4 nitrogen and oxygen atoms in total. The molecule has 1 atom stereocenters. The zero-order chi connectivity index (χ0) is 13.6. The van der Waals surface area contributed by atoms with E-state index in [0.717, 1.165) is 19.5 Å². The van der Waals surface area contributed by atoms with Crippen LogP contribution in [0, 0.1) is 5.92 Å². The smallest absolute Gasteiger partial charge is 0.323 e. The summed E-state index contributed by atoms with van der Waals surface area (Å²) in [7, 11) is 0. The average Bonchev–Trinajstić information content (AvgIpc) is 2.14. The molecule has 0 aromatic carbocycles. The molecule has 0 bridgehead atoms. The number of hydrogen-bond donors (Lipinski definition) is 2. The number of carboxylic acid groups (broad SMARTS) is 1. The van der Waals surface area contributed by atoms with Gasteiger partial charge in [0.25, 0.3) is 0 Å². The molecule has 0 aromatic rings. The number of rotatable bonds is 8. The van der Waals surface area contributed by atoms with Gasteiger partial charge in [0.15, 0.2) is 0 Å². The van der Waals surface area contributed by atoms with E-state index in [-0.39, 0.29) is 0 Å². The van der Waals surface area contributed by atoms with Crippen molar-refractivity contribution in [2.24, 2.45) is 11.7 Å². The highest BCUT2D eigenvalue weighted by molar-refractivity contribution is 5.77. The Morgan fingerprint density at radius 3 is 2.24 bits per heavy atom. The number of nitrogens with zero attached hydrogens (tertiary/aromatic N) is 1. The molecule has 17 heavy (non-hydrogen) atoms. The SMILES string of the molecule is CC(C)CN(CCCC(C)(N)C(=O)O)C(C)C. The van der Waals surface area contributed by atoms with Gasteiger partial charge in [-0.05, 0) is 46.1 Å². The molecule has 0 heterocycles. The Labute approximate surface area is 105 Å². The minimum atomic E-state index is -1.10. The summed E-state index contributed by atoms with van der Waals surface area (Å²) in [6, 6.07) is 0.492. The number of carbonyl (C=O) groups is 1. The van der Waals surface area contributed by atoms with Crippen LogP contribution in [-0.2, 0) is 4.79 Å². The summed E-state index contributed by atoms with van der Waals surface area (Å²) < 4.78 is 0. The lowest BCUT2D eigenvalue weighted by atomic mass is 9.97. The molecule has 0 fully saturated rings. The van der Waals surface area contributed by atoms with E-state index in [2.05, 4.69) is 32.6 Å². The Bertz CT molecular complexity index is 238. The fraction of sp³-hybridized carbons (Fsp3) is 0.923. The Morgan fingerprint density at radius 2 is 1.88 bits per heavy atom. The van der Waals surface area contributed by atoms with Gasteiger partial charge in [-0.1, -0.05) is 13.8 Å². The molecular weight excluding hydrogens is 216 g/mol. The second-order valence-electron chi connectivity index (χ2n) is 5.81. The standard InChI is InChI=1S/C13H28N2O2/c1-10(2)9-15(11(3)4)8-6-7-13(5,14)12(16)17/h10-11H,6-9,14H2,1-5H3,(H,16,17). The first-order valence-electron chi connectivity index (χ1n) is 6.43. The van der Waals surface area contributed by atoms with E-state index in [0.29, 0.717) is 18.4 Å². The highest BCUT2D eigenvalue weighted by atomic mass is 16.4. The normalized spacial score (nSPS) is 15.6. The lowest BCUT2D eigenvalue weighted by molar-refractivity contribution is -0.142. The van der Waals surface area contributed by atoms with E-state index >= 15 is 0 Å².